The zero-order valence-electron chi connectivity index (χ0n) is 33.7. The molecule has 0 saturated carbocycles. The van der Waals surface area contributed by atoms with E-state index in [0.29, 0.717) is 5.82 Å². The summed E-state index contributed by atoms with van der Waals surface area (Å²) < 4.78 is 2.58. The number of hydrogen-bond donors (Lipinski definition) is 0. The molecule has 0 amide bonds. The van der Waals surface area contributed by atoms with Gasteiger partial charge in [-0.15, -0.1) is 11.3 Å². The Bertz CT molecular complexity index is 3410. The first-order valence-electron chi connectivity index (χ1n) is 21.2. The van der Waals surface area contributed by atoms with Crippen LogP contribution in [0.15, 0.2) is 231 Å². The molecule has 2 nitrogen and oxygen atoms in total. The maximum atomic E-state index is 5.44. The van der Waals surface area contributed by atoms with Crippen LogP contribution in [0.4, 0.5) is 0 Å². The zero-order chi connectivity index (χ0) is 41.0. The number of aromatic nitrogens is 2. The highest BCUT2D eigenvalue weighted by Crippen LogP contribution is 2.57. The van der Waals surface area contributed by atoms with Gasteiger partial charge in [0, 0.05) is 42.4 Å². The fraction of sp³-hybridized carbons (Fsp3) is 0.0169. The summed E-state index contributed by atoms with van der Waals surface area (Å²) in [6, 6.07) is 83.4. The van der Waals surface area contributed by atoms with E-state index >= 15 is 0 Å². The SMILES string of the molecule is c1ccc(-c2nc(-c3ccc4c(c3)C(c3ccccc3)(c3ccccc3)c3ccccc3-4)cc(-c3cccc(-c4cccc5c4sc4ccccc45)c3-c3ccccc3)n2)cc1. The molecule has 1 aliphatic carbocycles. The van der Waals surface area contributed by atoms with Crippen LogP contribution < -0.4 is 0 Å². The fourth-order valence-corrected chi connectivity index (χ4v) is 11.1. The summed E-state index contributed by atoms with van der Waals surface area (Å²) in [7, 11) is 0. The van der Waals surface area contributed by atoms with Crippen LogP contribution in [0, 0.1) is 0 Å². The van der Waals surface area contributed by atoms with Gasteiger partial charge in [-0.25, -0.2) is 9.97 Å². The van der Waals surface area contributed by atoms with E-state index in [1.165, 1.54) is 64.7 Å². The first kappa shape index (κ1) is 36.2. The second-order valence-electron chi connectivity index (χ2n) is 16.0. The summed E-state index contributed by atoms with van der Waals surface area (Å²) >= 11 is 1.86. The van der Waals surface area contributed by atoms with Gasteiger partial charge in [0.25, 0.3) is 0 Å². The van der Waals surface area contributed by atoms with Crippen molar-refractivity contribution in [3.63, 3.8) is 0 Å². The molecule has 1 aliphatic rings. The van der Waals surface area contributed by atoms with Gasteiger partial charge in [0.05, 0.1) is 16.8 Å². The Morgan fingerprint density at radius 2 is 0.887 bits per heavy atom. The number of nitrogens with zero attached hydrogens (tertiary/aromatic N) is 2. The number of benzene rings is 9. The summed E-state index contributed by atoms with van der Waals surface area (Å²) in [4.78, 5) is 10.8. The van der Waals surface area contributed by atoms with E-state index in [9.17, 15) is 0 Å². The smallest absolute Gasteiger partial charge is 0.160 e. The standard InChI is InChI=1S/C59H38N2S/c1-5-19-39(20-6-1)56-47(49-31-18-30-48-46-28-14-16-34-55(46)62-57(48)49)29-17-32-50(56)54-38-53(60-58(61-54)40-21-7-2-8-22-40)41-35-36-45-44-27-13-15-33-51(44)59(52(45)37-41,42-23-9-3-10-24-42)43-25-11-4-12-26-43/h1-38H. The van der Waals surface area contributed by atoms with Gasteiger partial charge in [-0.3, -0.25) is 0 Å². The lowest BCUT2D eigenvalue weighted by molar-refractivity contribution is 0.768. The van der Waals surface area contributed by atoms with E-state index in [-0.39, 0.29) is 0 Å². The molecule has 0 saturated heterocycles. The molecule has 0 atom stereocenters. The van der Waals surface area contributed by atoms with Crippen LogP contribution in [-0.4, -0.2) is 9.97 Å². The van der Waals surface area contributed by atoms with Crippen molar-refractivity contribution in [3.05, 3.63) is 253 Å². The van der Waals surface area contributed by atoms with Crippen molar-refractivity contribution in [2.75, 3.05) is 0 Å². The molecule has 0 radical (unpaired) electrons. The van der Waals surface area contributed by atoms with Gasteiger partial charge >= 0.3 is 0 Å². The average Bonchev–Trinajstić information content (AvgIpc) is 3.89. The Morgan fingerprint density at radius 1 is 0.339 bits per heavy atom. The average molecular weight is 807 g/mol. The lowest BCUT2D eigenvalue weighted by atomic mass is 9.67. The van der Waals surface area contributed by atoms with E-state index in [1.54, 1.807) is 0 Å². The Morgan fingerprint density at radius 3 is 1.65 bits per heavy atom. The third-order valence-corrected chi connectivity index (χ3v) is 13.8. The molecular weight excluding hydrogens is 769 g/mol. The molecule has 0 bridgehead atoms. The van der Waals surface area contributed by atoms with Gasteiger partial charge in [0.2, 0.25) is 0 Å². The first-order valence-corrected chi connectivity index (χ1v) is 22.0. The molecule has 62 heavy (non-hydrogen) atoms. The van der Waals surface area contributed by atoms with Crippen molar-refractivity contribution in [3.8, 4) is 67.3 Å². The number of hydrogen-bond acceptors (Lipinski definition) is 3. The largest absolute Gasteiger partial charge is 0.228 e. The quantitative estimate of drug-likeness (QED) is 0.160. The molecular formula is C59H38N2S. The monoisotopic (exact) mass is 806 g/mol. The molecule has 290 valence electrons. The second kappa shape index (κ2) is 14.8. The first-order chi connectivity index (χ1) is 30.8. The Labute approximate surface area is 365 Å². The summed E-state index contributed by atoms with van der Waals surface area (Å²) in [5.41, 5.74) is 16.5. The molecule has 0 spiro atoms. The Kier molecular flexibility index (Phi) is 8.62. The van der Waals surface area contributed by atoms with Crippen molar-refractivity contribution in [2.24, 2.45) is 0 Å². The van der Waals surface area contributed by atoms with Crippen LogP contribution >= 0.6 is 11.3 Å². The minimum absolute atomic E-state index is 0.523. The molecule has 0 N–H and O–H groups in total. The lowest BCUT2D eigenvalue weighted by Gasteiger charge is -2.34. The van der Waals surface area contributed by atoms with Gasteiger partial charge in [0.15, 0.2) is 5.82 Å². The molecule has 0 fully saturated rings. The Balaban J connectivity index is 1.12. The topological polar surface area (TPSA) is 25.8 Å². The number of fused-ring (bicyclic) bond motifs is 6. The fourth-order valence-electron chi connectivity index (χ4n) is 9.92. The minimum atomic E-state index is -0.523. The van der Waals surface area contributed by atoms with Gasteiger partial charge in [-0.1, -0.05) is 212 Å². The van der Waals surface area contributed by atoms with E-state index in [4.69, 9.17) is 9.97 Å². The van der Waals surface area contributed by atoms with Crippen LogP contribution in [0.3, 0.4) is 0 Å². The molecule has 0 aliphatic heterocycles. The van der Waals surface area contributed by atoms with Crippen LogP contribution in [0.5, 0.6) is 0 Å². The zero-order valence-corrected chi connectivity index (χ0v) is 34.6. The molecule has 12 rings (SSSR count). The normalized spacial score (nSPS) is 12.6. The summed E-state index contributed by atoms with van der Waals surface area (Å²) in [5, 5.41) is 2.57. The Hall–Kier alpha value is -7.72. The summed E-state index contributed by atoms with van der Waals surface area (Å²) in [6.45, 7) is 0. The van der Waals surface area contributed by atoms with Crippen molar-refractivity contribution in [1.82, 2.24) is 9.97 Å². The summed E-state index contributed by atoms with van der Waals surface area (Å²) in [5.74, 6) is 0.690. The maximum Gasteiger partial charge on any atom is 0.160 e. The molecule has 9 aromatic carbocycles. The van der Waals surface area contributed by atoms with Crippen molar-refractivity contribution in [1.29, 1.82) is 0 Å². The molecule has 0 unspecified atom stereocenters. The highest BCUT2D eigenvalue weighted by atomic mass is 32.1. The highest BCUT2D eigenvalue weighted by molar-refractivity contribution is 7.26. The predicted molar refractivity (Wildman–Crippen MR) is 259 cm³/mol. The van der Waals surface area contributed by atoms with Gasteiger partial charge in [-0.2, -0.15) is 0 Å². The van der Waals surface area contributed by atoms with Crippen LogP contribution in [0.25, 0.3) is 87.5 Å². The van der Waals surface area contributed by atoms with Gasteiger partial charge < -0.3 is 0 Å². The van der Waals surface area contributed by atoms with E-state index in [1.807, 2.05) is 17.4 Å². The van der Waals surface area contributed by atoms with Crippen molar-refractivity contribution >= 4 is 31.5 Å². The second-order valence-corrected chi connectivity index (χ2v) is 17.0. The lowest BCUT2D eigenvalue weighted by Crippen LogP contribution is -2.28. The van der Waals surface area contributed by atoms with E-state index in [2.05, 4.69) is 224 Å². The van der Waals surface area contributed by atoms with Crippen LogP contribution in [0.1, 0.15) is 22.3 Å². The number of thiophene rings is 1. The minimum Gasteiger partial charge on any atom is -0.228 e. The van der Waals surface area contributed by atoms with E-state index < -0.39 is 5.41 Å². The van der Waals surface area contributed by atoms with Crippen molar-refractivity contribution < 1.29 is 0 Å². The molecule has 2 aromatic heterocycles. The highest BCUT2D eigenvalue weighted by Gasteiger charge is 2.46. The maximum absolute atomic E-state index is 5.44. The van der Waals surface area contributed by atoms with Crippen molar-refractivity contribution in [2.45, 2.75) is 5.41 Å². The van der Waals surface area contributed by atoms with E-state index in [0.717, 1.165) is 39.2 Å². The van der Waals surface area contributed by atoms with Crippen LogP contribution in [-0.2, 0) is 5.41 Å². The summed E-state index contributed by atoms with van der Waals surface area (Å²) in [6.07, 6.45) is 0. The third kappa shape index (κ3) is 5.70. The van der Waals surface area contributed by atoms with Gasteiger partial charge in [-0.05, 0) is 68.3 Å². The van der Waals surface area contributed by atoms with Gasteiger partial charge in [0.1, 0.15) is 0 Å². The molecule has 3 heteroatoms. The molecule has 2 heterocycles. The predicted octanol–water partition coefficient (Wildman–Crippen LogP) is 15.5. The van der Waals surface area contributed by atoms with Crippen LogP contribution in [0.2, 0.25) is 0 Å². The third-order valence-electron chi connectivity index (χ3n) is 12.6. The number of rotatable bonds is 7. The molecule has 11 aromatic rings.